The lowest BCUT2D eigenvalue weighted by Crippen LogP contribution is -2.41. The Morgan fingerprint density at radius 2 is 1.78 bits per heavy atom. The number of ether oxygens (including phenoxy) is 1. The quantitative estimate of drug-likeness (QED) is 0.822. The first-order chi connectivity index (χ1) is 8.48. The van der Waals surface area contributed by atoms with Crippen molar-refractivity contribution in [2.45, 2.75) is 19.4 Å². The van der Waals surface area contributed by atoms with Crippen LogP contribution in [0.4, 0.5) is 5.69 Å². The van der Waals surface area contributed by atoms with E-state index in [1.165, 1.54) is 0 Å². The average molecular weight is 248 g/mol. The number of carbonyl (C=O) groups is 1. The molecule has 0 saturated carbocycles. The second-order valence-corrected chi connectivity index (χ2v) is 5.20. The van der Waals surface area contributed by atoms with Gasteiger partial charge in [-0.15, -0.1) is 0 Å². The molecule has 2 N–H and O–H groups in total. The number of hydrogen-bond acceptors (Lipinski definition) is 4. The number of rotatable bonds is 3. The molecule has 0 atom stereocenters. The highest BCUT2D eigenvalue weighted by molar-refractivity contribution is 6.02. The summed E-state index contributed by atoms with van der Waals surface area (Å²) < 4.78 is 5.32. The lowest BCUT2D eigenvalue weighted by molar-refractivity contribution is 0.0913. The van der Waals surface area contributed by atoms with Gasteiger partial charge in [0.25, 0.3) is 0 Å². The number of nitrogens with two attached hydrogens (primary N) is 1. The van der Waals surface area contributed by atoms with Crippen LogP contribution < -0.4 is 10.6 Å². The molecular formula is C14H20N2O2. The first-order valence-electron chi connectivity index (χ1n) is 6.25. The van der Waals surface area contributed by atoms with Crippen molar-refractivity contribution < 1.29 is 9.53 Å². The van der Waals surface area contributed by atoms with Crippen molar-refractivity contribution >= 4 is 11.5 Å². The smallest absolute Gasteiger partial charge is 0.182 e. The number of ketones is 1. The van der Waals surface area contributed by atoms with Crippen molar-refractivity contribution in [3.8, 4) is 0 Å². The van der Waals surface area contributed by atoms with E-state index in [9.17, 15) is 4.79 Å². The third-order valence-electron chi connectivity index (χ3n) is 3.09. The zero-order valence-corrected chi connectivity index (χ0v) is 11.0. The van der Waals surface area contributed by atoms with Gasteiger partial charge in [0, 0.05) is 24.3 Å². The van der Waals surface area contributed by atoms with Gasteiger partial charge in [-0.25, -0.2) is 0 Å². The summed E-state index contributed by atoms with van der Waals surface area (Å²) in [5.74, 6) is -0.0315. The van der Waals surface area contributed by atoms with Gasteiger partial charge < -0.3 is 15.4 Å². The number of nitrogens with zero attached hydrogens (tertiary/aromatic N) is 1. The molecule has 1 aliphatic heterocycles. The number of anilines is 1. The summed E-state index contributed by atoms with van der Waals surface area (Å²) in [6.07, 6.45) is 0. The molecular weight excluding hydrogens is 228 g/mol. The molecule has 1 aromatic rings. The number of benzene rings is 1. The monoisotopic (exact) mass is 248 g/mol. The van der Waals surface area contributed by atoms with Gasteiger partial charge in [0.2, 0.25) is 0 Å². The van der Waals surface area contributed by atoms with Gasteiger partial charge in [-0.2, -0.15) is 0 Å². The summed E-state index contributed by atoms with van der Waals surface area (Å²) in [4.78, 5) is 14.3. The van der Waals surface area contributed by atoms with Gasteiger partial charge in [0.05, 0.1) is 18.8 Å². The van der Waals surface area contributed by atoms with Crippen molar-refractivity contribution in [3.05, 3.63) is 29.8 Å². The summed E-state index contributed by atoms with van der Waals surface area (Å²) in [6, 6.07) is 7.65. The lowest BCUT2D eigenvalue weighted by Gasteiger charge is -2.29. The van der Waals surface area contributed by atoms with Crippen molar-refractivity contribution in [2.75, 3.05) is 31.2 Å². The van der Waals surface area contributed by atoms with Crippen LogP contribution in [0.3, 0.4) is 0 Å². The van der Waals surface area contributed by atoms with Crippen LogP contribution in [0.5, 0.6) is 0 Å². The highest BCUT2D eigenvalue weighted by atomic mass is 16.5. The number of hydrogen-bond donors (Lipinski definition) is 1. The van der Waals surface area contributed by atoms with E-state index in [4.69, 9.17) is 10.5 Å². The van der Waals surface area contributed by atoms with Gasteiger partial charge >= 0.3 is 0 Å². The molecule has 0 amide bonds. The van der Waals surface area contributed by atoms with Crippen molar-refractivity contribution in [2.24, 2.45) is 5.73 Å². The summed E-state index contributed by atoms with van der Waals surface area (Å²) in [7, 11) is 0. The van der Waals surface area contributed by atoms with Gasteiger partial charge in [-0.05, 0) is 38.1 Å². The van der Waals surface area contributed by atoms with Gasteiger partial charge in [0.15, 0.2) is 5.78 Å². The Labute approximate surface area is 108 Å². The fraction of sp³-hybridized carbons (Fsp3) is 0.500. The molecule has 4 nitrogen and oxygen atoms in total. The first kappa shape index (κ1) is 13.1. The average Bonchev–Trinajstić information content (AvgIpc) is 2.38. The predicted molar refractivity (Wildman–Crippen MR) is 72.1 cm³/mol. The molecule has 4 heteroatoms. The zero-order valence-electron chi connectivity index (χ0n) is 11.0. The molecule has 1 aliphatic rings. The van der Waals surface area contributed by atoms with Crippen LogP contribution in [-0.2, 0) is 4.74 Å². The van der Waals surface area contributed by atoms with Gasteiger partial charge in [-0.1, -0.05) is 0 Å². The fourth-order valence-electron chi connectivity index (χ4n) is 2.02. The highest BCUT2D eigenvalue weighted by Crippen LogP contribution is 2.18. The number of morpholine rings is 1. The molecule has 0 unspecified atom stereocenters. The molecule has 18 heavy (non-hydrogen) atoms. The van der Waals surface area contributed by atoms with Crippen LogP contribution in [0.25, 0.3) is 0 Å². The van der Waals surface area contributed by atoms with E-state index in [1.807, 2.05) is 24.3 Å². The third kappa shape index (κ3) is 2.89. The lowest BCUT2D eigenvalue weighted by atomic mass is 9.94. The Hall–Kier alpha value is -1.39. The first-order valence-corrected chi connectivity index (χ1v) is 6.25. The van der Waals surface area contributed by atoms with E-state index in [-0.39, 0.29) is 5.78 Å². The van der Waals surface area contributed by atoms with Crippen molar-refractivity contribution in [1.82, 2.24) is 0 Å². The van der Waals surface area contributed by atoms with Crippen LogP contribution in [-0.4, -0.2) is 37.6 Å². The second-order valence-electron chi connectivity index (χ2n) is 5.20. The van der Waals surface area contributed by atoms with Crippen LogP contribution >= 0.6 is 0 Å². The SMILES string of the molecule is CC(C)(N)C(=O)c1ccc(N2CCOCC2)cc1. The van der Waals surface area contributed by atoms with Crippen molar-refractivity contribution in [3.63, 3.8) is 0 Å². The fourth-order valence-corrected chi connectivity index (χ4v) is 2.02. The molecule has 1 saturated heterocycles. The maximum Gasteiger partial charge on any atom is 0.182 e. The van der Waals surface area contributed by atoms with E-state index >= 15 is 0 Å². The topological polar surface area (TPSA) is 55.6 Å². The molecule has 1 fully saturated rings. The van der Waals surface area contributed by atoms with Crippen molar-refractivity contribution in [1.29, 1.82) is 0 Å². The molecule has 0 spiro atoms. The molecule has 1 heterocycles. The summed E-state index contributed by atoms with van der Waals surface area (Å²) in [5.41, 5.74) is 6.79. The largest absolute Gasteiger partial charge is 0.378 e. The summed E-state index contributed by atoms with van der Waals surface area (Å²) >= 11 is 0. The maximum atomic E-state index is 12.0. The van der Waals surface area contributed by atoms with Crippen LogP contribution in [0.2, 0.25) is 0 Å². The minimum absolute atomic E-state index is 0.0315. The zero-order chi connectivity index (χ0) is 13.2. The summed E-state index contributed by atoms with van der Waals surface area (Å²) in [5, 5.41) is 0. The molecule has 0 radical (unpaired) electrons. The van der Waals surface area contributed by atoms with E-state index in [0.717, 1.165) is 32.0 Å². The Balaban J connectivity index is 2.12. The van der Waals surface area contributed by atoms with Gasteiger partial charge in [-0.3, -0.25) is 4.79 Å². The van der Waals surface area contributed by atoms with E-state index in [0.29, 0.717) is 5.56 Å². The number of Topliss-reactive ketones (excluding diaryl/α,β-unsaturated/α-hetero) is 1. The van der Waals surface area contributed by atoms with Crippen LogP contribution in [0, 0.1) is 0 Å². The predicted octanol–water partition coefficient (Wildman–Crippen LogP) is 1.44. The standard InChI is InChI=1S/C14H20N2O2/c1-14(2,15)13(17)11-3-5-12(6-4-11)16-7-9-18-10-8-16/h3-6H,7-10,15H2,1-2H3. The third-order valence-corrected chi connectivity index (χ3v) is 3.09. The Kier molecular flexibility index (Phi) is 3.68. The second kappa shape index (κ2) is 5.08. The molecule has 0 aromatic heterocycles. The van der Waals surface area contributed by atoms with E-state index in [2.05, 4.69) is 4.90 Å². The molecule has 2 rings (SSSR count). The van der Waals surface area contributed by atoms with Gasteiger partial charge in [0.1, 0.15) is 0 Å². The number of carbonyl (C=O) groups excluding carboxylic acids is 1. The van der Waals surface area contributed by atoms with Crippen LogP contribution in [0.1, 0.15) is 24.2 Å². The highest BCUT2D eigenvalue weighted by Gasteiger charge is 2.23. The Morgan fingerprint density at radius 3 is 2.28 bits per heavy atom. The van der Waals surface area contributed by atoms with Crippen LogP contribution in [0.15, 0.2) is 24.3 Å². The maximum absolute atomic E-state index is 12.0. The molecule has 1 aromatic carbocycles. The molecule has 98 valence electrons. The minimum Gasteiger partial charge on any atom is -0.378 e. The summed E-state index contributed by atoms with van der Waals surface area (Å²) in [6.45, 7) is 6.77. The molecule has 0 aliphatic carbocycles. The van der Waals surface area contributed by atoms with E-state index < -0.39 is 5.54 Å². The Bertz CT molecular complexity index is 414. The normalized spacial score (nSPS) is 16.7. The Morgan fingerprint density at radius 1 is 1.22 bits per heavy atom. The minimum atomic E-state index is -0.819. The van der Waals surface area contributed by atoms with E-state index in [1.54, 1.807) is 13.8 Å². The molecule has 0 bridgehead atoms.